The maximum Gasteiger partial charge on any atom is 0.145 e. The minimum atomic E-state index is 0.605. The van der Waals surface area contributed by atoms with Crippen molar-refractivity contribution in [1.29, 1.82) is 0 Å². The summed E-state index contributed by atoms with van der Waals surface area (Å²) >= 11 is 7.66. The number of hydrogen-bond acceptors (Lipinski definition) is 3. The highest BCUT2D eigenvalue weighted by Crippen LogP contribution is 2.30. The smallest absolute Gasteiger partial charge is 0.145 e. The SMILES string of the molecule is CNCc1sc(-c2ccccc2)nc1Cl. The standard InChI is InChI=1S/C11H11ClN2S/c1-13-7-9-10(12)14-11(15-9)8-5-3-2-4-6-8/h2-6,13H,7H2,1H3. The van der Waals surface area contributed by atoms with Gasteiger partial charge in [0.05, 0.1) is 4.88 Å². The zero-order chi connectivity index (χ0) is 10.7. The summed E-state index contributed by atoms with van der Waals surface area (Å²) in [7, 11) is 1.90. The Morgan fingerprint density at radius 1 is 1.33 bits per heavy atom. The van der Waals surface area contributed by atoms with Crippen molar-refractivity contribution in [2.24, 2.45) is 0 Å². The lowest BCUT2D eigenvalue weighted by Gasteiger charge is -1.93. The van der Waals surface area contributed by atoms with Crippen molar-refractivity contribution in [2.75, 3.05) is 7.05 Å². The summed E-state index contributed by atoms with van der Waals surface area (Å²) in [6, 6.07) is 10.1. The van der Waals surface area contributed by atoms with Crippen molar-refractivity contribution in [2.45, 2.75) is 6.54 Å². The number of nitrogens with zero attached hydrogens (tertiary/aromatic N) is 1. The summed E-state index contributed by atoms with van der Waals surface area (Å²) in [6.45, 7) is 0.767. The fourth-order valence-electron chi connectivity index (χ4n) is 1.31. The van der Waals surface area contributed by atoms with Gasteiger partial charge in [0.1, 0.15) is 10.2 Å². The summed E-state index contributed by atoms with van der Waals surface area (Å²) in [6.07, 6.45) is 0. The highest BCUT2D eigenvalue weighted by Gasteiger charge is 2.09. The molecule has 15 heavy (non-hydrogen) atoms. The van der Waals surface area contributed by atoms with Crippen molar-refractivity contribution in [1.82, 2.24) is 10.3 Å². The molecule has 1 N–H and O–H groups in total. The fraction of sp³-hybridized carbons (Fsp3) is 0.182. The molecule has 0 saturated carbocycles. The third kappa shape index (κ3) is 2.37. The highest BCUT2D eigenvalue weighted by atomic mass is 35.5. The molecular formula is C11H11ClN2S. The Balaban J connectivity index is 2.34. The normalized spacial score (nSPS) is 10.5. The molecule has 0 fully saturated rings. The predicted octanol–water partition coefficient (Wildman–Crippen LogP) is 3.18. The van der Waals surface area contributed by atoms with Gasteiger partial charge in [0, 0.05) is 12.1 Å². The summed E-state index contributed by atoms with van der Waals surface area (Å²) in [5.41, 5.74) is 1.12. The van der Waals surface area contributed by atoms with Crippen LogP contribution in [-0.4, -0.2) is 12.0 Å². The van der Waals surface area contributed by atoms with Crippen LogP contribution in [0, 0.1) is 0 Å². The molecule has 1 heterocycles. The second kappa shape index (κ2) is 4.75. The molecule has 0 aliphatic carbocycles. The Kier molecular flexibility index (Phi) is 3.36. The Morgan fingerprint density at radius 2 is 2.07 bits per heavy atom. The van der Waals surface area contributed by atoms with E-state index in [0.29, 0.717) is 5.15 Å². The molecule has 0 aliphatic rings. The van der Waals surface area contributed by atoms with Crippen LogP contribution < -0.4 is 5.32 Å². The van der Waals surface area contributed by atoms with Gasteiger partial charge in [-0.1, -0.05) is 41.9 Å². The maximum absolute atomic E-state index is 6.03. The van der Waals surface area contributed by atoms with E-state index in [4.69, 9.17) is 11.6 Å². The lowest BCUT2D eigenvalue weighted by atomic mass is 10.2. The van der Waals surface area contributed by atoms with Crippen LogP contribution in [-0.2, 0) is 6.54 Å². The van der Waals surface area contributed by atoms with Gasteiger partial charge < -0.3 is 5.32 Å². The van der Waals surface area contributed by atoms with E-state index in [2.05, 4.69) is 10.3 Å². The first-order valence-electron chi connectivity index (χ1n) is 4.66. The Morgan fingerprint density at radius 3 is 2.73 bits per heavy atom. The Hall–Kier alpha value is -0.900. The van der Waals surface area contributed by atoms with E-state index in [9.17, 15) is 0 Å². The summed E-state index contributed by atoms with van der Waals surface area (Å²) in [5, 5.41) is 4.66. The molecule has 0 spiro atoms. The van der Waals surface area contributed by atoms with Gasteiger partial charge in [0.2, 0.25) is 0 Å². The first kappa shape index (κ1) is 10.6. The van der Waals surface area contributed by atoms with E-state index < -0.39 is 0 Å². The quantitative estimate of drug-likeness (QED) is 0.889. The maximum atomic E-state index is 6.03. The van der Waals surface area contributed by atoms with E-state index in [0.717, 1.165) is 22.0 Å². The molecule has 2 rings (SSSR count). The van der Waals surface area contributed by atoms with Gasteiger partial charge in [-0.15, -0.1) is 11.3 Å². The second-order valence-electron chi connectivity index (χ2n) is 3.13. The van der Waals surface area contributed by atoms with E-state index in [1.54, 1.807) is 11.3 Å². The van der Waals surface area contributed by atoms with Gasteiger partial charge in [-0.3, -0.25) is 0 Å². The Labute approximate surface area is 97.9 Å². The number of benzene rings is 1. The van der Waals surface area contributed by atoms with Gasteiger partial charge >= 0.3 is 0 Å². The first-order chi connectivity index (χ1) is 7.31. The average Bonchev–Trinajstić information content (AvgIpc) is 2.63. The lowest BCUT2D eigenvalue weighted by molar-refractivity contribution is 0.829. The number of aromatic nitrogens is 1. The molecule has 0 bridgehead atoms. The zero-order valence-electron chi connectivity index (χ0n) is 8.33. The van der Waals surface area contributed by atoms with Crippen LogP contribution in [0.5, 0.6) is 0 Å². The van der Waals surface area contributed by atoms with Crippen molar-refractivity contribution < 1.29 is 0 Å². The Bertz CT molecular complexity index is 439. The van der Waals surface area contributed by atoms with Crippen LogP contribution in [0.15, 0.2) is 30.3 Å². The van der Waals surface area contributed by atoms with Gasteiger partial charge in [0.15, 0.2) is 0 Å². The molecule has 0 atom stereocenters. The first-order valence-corrected chi connectivity index (χ1v) is 5.86. The summed E-state index contributed by atoms with van der Waals surface area (Å²) in [4.78, 5) is 5.42. The predicted molar refractivity (Wildman–Crippen MR) is 65.3 cm³/mol. The number of nitrogens with one attached hydrogen (secondary N) is 1. The topological polar surface area (TPSA) is 24.9 Å². The largest absolute Gasteiger partial charge is 0.315 e. The van der Waals surface area contributed by atoms with Crippen LogP contribution in [0.3, 0.4) is 0 Å². The molecule has 2 aromatic rings. The van der Waals surface area contributed by atoms with Gasteiger partial charge in [-0.25, -0.2) is 4.98 Å². The van der Waals surface area contributed by atoms with Gasteiger partial charge in [-0.2, -0.15) is 0 Å². The van der Waals surface area contributed by atoms with Crippen LogP contribution in [0.4, 0.5) is 0 Å². The highest BCUT2D eigenvalue weighted by molar-refractivity contribution is 7.15. The van der Waals surface area contributed by atoms with Crippen molar-refractivity contribution in [3.8, 4) is 10.6 Å². The number of hydrogen-bond donors (Lipinski definition) is 1. The number of thiazole rings is 1. The molecule has 0 aliphatic heterocycles. The van der Waals surface area contributed by atoms with Crippen LogP contribution in [0.1, 0.15) is 4.88 Å². The molecular weight excluding hydrogens is 228 g/mol. The minimum absolute atomic E-state index is 0.605. The lowest BCUT2D eigenvalue weighted by Crippen LogP contribution is -2.03. The van der Waals surface area contributed by atoms with Crippen molar-refractivity contribution >= 4 is 22.9 Å². The minimum Gasteiger partial charge on any atom is -0.315 e. The van der Waals surface area contributed by atoms with Crippen LogP contribution >= 0.6 is 22.9 Å². The molecule has 2 nitrogen and oxygen atoms in total. The average molecular weight is 239 g/mol. The van der Waals surface area contributed by atoms with Gasteiger partial charge in [0.25, 0.3) is 0 Å². The van der Waals surface area contributed by atoms with E-state index >= 15 is 0 Å². The molecule has 1 aromatic carbocycles. The molecule has 0 unspecified atom stereocenters. The van der Waals surface area contributed by atoms with E-state index in [1.165, 1.54) is 0 Å². The second-order valence-corrected chi connectivity index (χ2v) is 4.57. The number of rotatable bonds is 3. The third-order valence-corrected chi connectivity index (χ3v) is 3.54. The van der Waals surface area contributed by atoms with Crippen molar-refractivity contribution in [3.05, 3.63) is 40.4 Å². The number of halogens is 1. The molecule has 4 heteroatoms. The molecule has 0 amide bonds. The van der Waals surface area contributed by atoms with Gasteiger partial charge in [-0.05, 0) is 7.05 Å². The van der Waals surface area contributed by atoms with E-state index in [1.807, 2.05) is 37.4 Å². The zero-order valence-corrected chi connectivity index (χ0v) is 9.90. The monoisotopic (exact) mass is 238 g/mol. The van der Waals surface area contributed by atoms with Crippen LogP contribution in [0.2, 0.25) is 5.15 Å². The molecule has 1 aromatic heterocycles. The van der Waals surface area contributed by atoms with Crippen molar-refractivity contribution in [3.63, 3.8) is 0 Å². The molecule has 0 saturated heterocycles. The third-order valence-electron chi connectivity index (χ3n) is 2.01. The summed E-state index contributed by atoms with van der Waals surface area (Å²) in [5.74, 6) is 0. The summed E-state index contributed by atoms with van der Waals surface area (Å²) < 4.78 is 0. The van der Waals surface area contributed by atoms with E-state index in [-0.39, 0.29) is 0 Å². The molecule has 0 radical (unpaired) electrons. The van der Waals surface area contributed by atoms with Crippen LogP contribution in [0.25, 0.3) is 10.6 Å². The fourth-order valence-corrected chi connectivity index (χ4v) is 2.59. The molecule has 78 valence electrons.